The lowest BCUT2D eigenvalue weighted by Crippen LogP contribution is -2.29. The zero-order chi connectivity index (χ0) is 16.4. The van der Waals surface area contributed by atoms with Gasteiger partial charge < -0.3 is 9.80 Å². The first-order valence-corrected chi connectivity index (χ1v) is 9.42. The maximum absolute atomic E-state index is 2.58. The highest BCUT2D eigenvalue weighted by Gasteiger charge is 2.23. The molecule has 1 saturated heterocycles. The van der Waals surface area contributed by atoms with Crippen LogP contribution in [0.25, 0.3) is 0 Å². The molecule has 2 heteroatoms. The Hall–Kier alpha value is -1.80. The van der Waals surface area contributed by atoms with E-state index in [1.165, 1.54) is 61.2 Å². The Morgan fingerprint density at radius 2 is 1.67 bits per heavy atom. The van der Waals surface area contributed by atoms with Crippen molar-refractivity contribution in [1.29, 1.82) is 0 Å². The highest BCUT2D eigenvalue weighted by molar-refractivity contribution is 5.53. The summed E-state index contributed by atoms with van der Waals surface area (Å²) in [6, 6.07) is 18.3. The van der Waals surface area contributed by atoms with Crippen LogP contribution >= 0.6 is 0 Å². The van der Waals surface area contributed by atoms with Crippen LogP contribution in [0, 0.1) is 0 Å². The van der Waals surface area contributed by atoms with E-state index in [9.17, 15) is 0 Å². The first-order chi connectivity index (χ1) is 11.8. The van der Waals surface area contributed by atoms with Crippen molar-refractivity contribution in [3.8, 4) is 0 Å². The van der Waals surface area contributed by atoms with E-state index in [0.717, 1.165) is 13.1 Å². The van der Waals surface area contributed by atoms with Crippen molar-refractivity contribution in [1.82, 2.24) is 4.90 Å². The van der Waals surface area contributed by atoms with Crippen molar-refractivity contribution in [2.45, 2.75) is 38.1 Å². The van der Waals surface area contributed by atoms with Crippen LogP contribution in [0.1, 0.15) is 48.3 Å². The Bertz CT molecular complexity index is 674. The Morgan fingerprint density at radius 1 is 0.875 bits per heavy atom. The molecule has 0 aliphatic carbocycles. The van der Waals surface area contributed by atoms with Crippen molar-refractivity contribution in [2.24, 2.45) is 0 Å². The van der Waals surface area contributed by atoms with Gasteiger partial charge in [0.2, 0.25) is 0 Å². The minimum absolute atomic E-state index is 0.529. The molecule has 24 heavy (non-hydrogen) atoms. The van der Waals surface area contributed by atoms with Gasteiger partial charge in [-0.15, -0.1) is 0 Å². The zero-order valence-corrected chi connectivity index (χ0v) is 14.7. The first kappa shape index (κ1) is 15.7. The summed E-state index contributed by atoms with van der Waals surface area (Å²) < 4.78 is 0. The van der Waals surface area contributed by atoms with Gasteiger partial charge in [0.05, 0.1) is 0 Å². The van der Waals surface area contributed by atoms with Gasteiger partial charge in [-0.1, -0.05) is 36.4 Å². The number of hydrogen-bond acceptors (Lipinski definition) is 2. The molecule has 1 unspecified atom stereocenters. The molecule has 0 aromatic heterocycles. The summed E-state index contributed by atoms with van der Waals surface area (Å²) in [6.07, 6.45) is 5.27. The molecule has 2 aromatic carbocycles. The molecule has 4 rings (SSSR count). The van der Waals surface area contributed by atoms with Gasteiger partial charge in [0.15, 0.2) is 0 Å². The van der Waals surface area contributed by atoms with Crippen LogP contribution in [0.5, 0.6) is 0 Å². The second-order valence-electron chi connectivity index (χ2n) is 7.42. The summed E-state index contributed by atoms with van der Waals surface area (Å²) in [7, 11) is 2.25. The molecule has 2 nitrogen and oxygen atoms in total. The van der Waals surface area contributed by atoms with E-state index in [2.05, 4.69) is 65.4 Å². The third-order valence-corrected chi connectivity index (χ3v) is 5.66. The van der Waals surface area contributed by atoms with Crippen molar-refractivity contribution in [2.75, 3.05) is 31.6 Å². The van der Waals surface area contributed by atoms with E-state index in [1.54, 1.807) is 0 Å². The summed E-state index contributed by atoms with van der Waals surface area (Å²) >= 11 is 0. The smallest absolute Gasteiger partial charge is 0.0369 e. The number of rotatable bonds is 2. The molecule has 0 radical (unpaired) electrons. The first-order valence-electron chi connectivity index (χ1n) is 9.42. The Morgan fingerprint density at radius 3 is 2.46 bits per heavy atom. The maximum atomic E-state index is 2.58. The number of benzene rings is 2. The fourth-order valence-electron chi connectivity index (χ4n) is 4.32. The summed E-state index contributed by atoms with van der Waals surface area (Å²) in [5.74, 6) is 0.529. The summed E-state index contributed by atoms with van der Waals surface area (Å²) in [5.41, 5.74) is 5.94. The maximum Gasteiger partial charge on any atom is 0.0369 e. The van der Waals surface area contributed by atoms with Gasteiger partial charge in [-0.2, -0.15) is 0 Å². The molecular formula is C22H28N2. The highest BCUT2D eigenvalue weighted by atomic mass is 15.1. The molecule has 2 heterocycles. The van der Waals surface area contributed by atoms with Gasteiger partial charge in [-0.05, 0) is 68.1 Å². The quantitative estimate of drug-likeness (QED) is 0.795. The average molecular weight is 320 g/mol. The highest BCUT2D eigenvalue weighted by Crippen LogP contribution is 2.36. The van der Waals surface area contributed by atoms with Crippen molar-refractivity contribution >= 4 is 5.69 Å². The van der Waals surface area contributed by atoms with Crippen LogP contribution in [-0.4, -0.2) is 31.6 Å². The van der Waals surface area contributed by atoms with E-state index in [0.29, 0.717) is 5.92 Å². The topological polar surface area (TPSA) is 6.48 Å². The number of fused-ring (bicyclic) bond motifs is 1. The molecule has 0 N–H and O–H groups in total. The second-order valence-corrected chi connectivity index (χ2v) is 7.42. The van der Waals surface area contributed by atoms with Gasteiger partial charge in [0.1, 0.15) is 0 Å². The predicted molar refractivity (Wildman–Crippen MR) is 102 cm³/mol. The van der Waals surface area contributed by atoms with Crippen molar-refractivity contribution in [3.63, 3.8) is 0 Å². The molecule has 0 saturated carbocycles. The molecule has 0 amide bonds. The third kappa shape index (κ3) is 3.21. The monoisotopic (exact) mass is 320 g/mol. The Balaban J connectivity index is 1.70. The van der Waals surface area contributed by atoms with Crippen molar-refractivity contribution in [3.05, 3.63) is 65.2 Å². The molecular weight excluding hydrogens is 292 g/mol. The van der Waals surface area contributed by atoms with Gasteiger partial charge >= 0.3 is 0 Å². The minimum atomic E-state index is 0.529. The SMILES string of the molecule is CN1CCC(c2ccccc2)c2ccc(N3CCCCC3)cc2C1. The van der Waals surface area contributed by atoms with Gasteiger partial charge in [0, 0.05) is 31.2 Å². The van der Waals surface area contributed by atoms with E-state index < -0.39 is 0 Å². The number of anilines is 1. The lowest BCUT2D eigenvalue weighted by atomic mass is 9.86. The molecule has 126 valence electrons. The van der Waals surface area contributed by atoms with E-state index in [4.69, 9.17) is 0 Å². The largest absolute Gasteiger partial charge is 0.372 e. The van der Waals surface area contributed by atoms with Crippen LogP contribution in [0.3, 0.4) is 0 Å². The fraction of sp³-hybridized carbons (Fsp3) is 0.455. The molecule has 1 fully saturated rings. The van der Waals surface area contributed by atoms with Crippen LogP contribution in [-0.2, 0) is 6.54 Å². The Labute approximate surface area is 146 Å². The summed E-state index contributed by atoms with van der Waals surface area (Å²) in [5, 5.41) is 0. The van der Waals surface area contributed by atoms with Crippen molar-refractivity contribution < 1.29 is 0 Å². The normalized spacial score (nSPS) is 22.0. The van der Waals surface area contributed by atoms with Crippen LogP contribution < -0.4 is 4.90 Å². The van der Waals surface area contributed by atoms with E-state index in [1.807, 2.05) is 0 Å². The zero-order valence-electron chi connectivity index (χ0n) is 14.7. The van der Waals surface area contributed by atoms with Gasteiger partial charge in [0.25, 0.3) is 0 Å². The summed E-state index contributed by atoms with van der Waals surface area (Å²) in [6.45, 7) is 4.67. The number of nitrogens with zero attached hydrogens (tertiary/aromatic N) is 2. The Kier molecular flexibility index (Phi) is 4.57. The molecule has 2 aliphatic rings. The lowest BCUT2D eigenvalue weighted by molar-refractivity contribution is 0.328. The van der Waals surface area contributed by atoms with Crippen LogP contribution in [0.2, 0.25) is 0 Å². The predicted octanol–water partition coefficient (Wildman–Crippen LogP) is 4.64. The van der Waals surface area contributed by atoms with E-state index in [-0.39, 0.29) is 0 Å². The molecule has 0 spiro atoms. The van der Waals surface area contributed by atoms with E-state index >= 15 is 0 Å². The summed E-state index contributed by atoms with van der Waals surface area (Å²) in [4.78, 5) is 5.05. The molecule has 1 atom stereocenters. The average Bonchev–Trinajstić information content (AvgIpc) is 2.80. The van der Waals surface area contributed by atoms with Gasteiger partial charge in [-0.3, -0.25) is 0 Å². The molecule has 2 aromatic rings. The molecule has 0 bridgehead atoms. The second kappa shape index (κ2) is 6.98. The third-order valence-electron chi connectivity index (χ3n) is 5.66. The molecule has 2 aliphatic heterocycles. The van der Waals surface area contributed by atoms with Gasteiger partial charge in [-0.25, -0.2) is 0 Å². The standard InChI is InChI=1S/C22H28N2/c1-23-15-12-22(18-8-4-2-5-9-18)21-11-10-20(16-19(21)17-23)24-13-6-3-7-14-24/h2,4-5,8-11,16,22H,3,6-7,12-15,17H2,1H3. The lowest BCUT2D eigenvalue weighted by Gasteiger charge is -2.30. The fourth-order valence-corrected chi connectivity index (χ4v) is 4.32. The van der Waals surface area contributed by atoms with Crippen LogP contribution in [0.4, 0.5) is 5.69 Å². The number of piperidine rings is 1. The number of hydrogen-bond donors (Lipinski definition) is 0. The minimum Gasteiger partial charge on any atom is -0.372 e. The van der Waals surface area contributed by atoms with Crippen LogP contribution in [0.15, 0.2) is 48.5 Å².